The van der Waals surface area contributed by atoms with Crippen LogP contribution in [0.4, 0.5) is 10.8 Å². The molecule has 0 fully saturated rings. The number of allylic oxidation sites excluding steroid dienone is 2. The minimum Gasteiger partial charge on any atom is -0.351 e. The van der Waals surface area contributed by atoms with E-state index in [-0.39, 0.29) is 31.9 Å². The van der Waals surface area contributed by atoms with Gasteiger partial charge >= 0.3 is 0 Å². The van der Waals surface area contributed by atoms with Gasteiger partial charge in [0.15, 0.2) is 0 Å². The topological polar surface area (TPSA) is 118 Å². The van der Waals surface area contributed by atoms with E-state index in [2.05, 4.69) is 20.2 Å². The van der Waals surface area contributed by atoms with Gasteiger partial charge in [-0.15, -0.1) is 10.2 Å². The second-order valence-electron chi connectivity index (χ2n) is 6.27. The molecule has 2 aromatic carbocycles. The zero-order valence-electron chi connectivity index (χ0n) is 15.3. The maximum absolute atomic E-state index is 12.7. The molecule has 0 saturated carbocycles. The van der Waals surface area contributed by atoms with E-state index >= 15 is 0 Å². The molecule has 8 nitrogen and oxygen atoms in total. The number of rotatable bonds is 5. The van der Waals surface area contributed by atoms with Crippen LogP contribution in [0.3, 0.4) is 0 Å². The molecule has 0 spiro atoms. The third-order valence-electron chi connectivity index (χ3n) is 4.24. The lowest BCUT2D eigenvalue weighted by atomic mass is 9.92. The molecule has 3 aromatic rings. The summed E-state index contributed by atoms with van der Waals surface area (Å²) in [5, 5.41) is 10.9. The number of nitrogens with one attached hydrogen (secondary N) is 2. The van der Waals surface area contributed by atoms with E-state index in [0.29, 0.717) is 10.7 Å². The van der Waals surface area contributed by atoms with Crippen LogP contribution in [-0.2, 0) is 10.0 Å². The number of benzene rings is 2. The second-order valence-corrected chi connectivity index (χ2v) is 9.52. The Kier molecular flexibility index (Phi) is 5.14. The van der Waals surface area contributed by atoms with Gasteiger partial charge in [-0.25, -0.2) is 8.42 Å². The summed E-state index contributed by atoms with van der Waals surface area (Å²) in [5.74, 6) is -0.870. The normalized spacial score (nSPS) is 13.9. The van der Waals surface area contributed by atoms with Gasteiger partial charge in [0.2, 0.25) is 16.7 Å². The van der Waals surface area contributed by atoms with Crippen LogP contribution in [0.2, 0.25) is 0 Å². The fourth-order valence-corrected chi connectivity index (χ4v) is 4.89. The molecule has 1 aromatic heterocycles. The van der Waals surface area contributed by atoms with Gasteiger partial charge in [-0.1, -0.05) is 47.2 Å². The standard InChI is InChI=1S/C19H13ClN4O4S2/c1-10-22-23-19(29-10)24-30(27,28)12-8-6-11(7-9-12)21-16-15(20)17(25)13-4-2-3-5-14(13)18(16)26/h2-9,21H,1H3,(H,23,24). The van der Waals surface area contributed by atoms with E-state index in [0.717, 1.165) is 11.3 Å². The van der Waals surface area contributed by atoms with Crippen molar-refractivity contribution < 1.29 is 18.0 Å². The number of carbonyl (C=O) groups excluding carboxylic acids is 2. The smallest absolute Gasteiger partial charge is 0.263 e. The van der Waals surface area contributed by atoms with Crippen LogP contribution < -0.4 is 10.0 Å². The number of anilines is 2. The second kappa shape index (κ2) is 7.63. The van der Waals surface area contributed by atoms with E-state index in [9.17, 15) is 18.0 Å². The molecule has 11 heteroatoms. The molecular formula is C19H13ClN4O4S2. The molecular weight excluding hydrogens is 448 g/mol. The van der Waals surface area contributed by atoms with Crippen LogP contribution in [-0.4, -0.2) is 30.2 Å². The van der Waals surface area contributed by atoms with Crippen LogP contribution >= 0.6 is 22.9 Å². The number of halogens is 1. The molecule has 0 bridgehead atoms. The van der Waals surface area contributed by atoms with Gasteiger partial charge in [0, 0.05) is 16.8 Å². The summed E-state index contributed by atoms with van der Waals surface area (Å²) in [5.41, 5.74) is 0.843. The molecule has 0 radical (unpaired) electrons. The molecule has 2 N–H and O–H groups in total. The summed E-state index contributed by atoms with van der Waals surface area (Å²) in [6.07, 6.45) is 0. The van der Waals surface area contributed by atoms with Crippen LogP contribution in [0.25, 0.3) is 0 Å². The molecule has 152 valence electrons. The van der Waals surface area contributed by atoms with E-state index in [1.807, 2.05) is 0 Å². The van der Waals surface area contributed by atoms with Gasteiger partial charge in [-0.05, 0) is 31.2 Å². The predicted octanol–water partition coefficient (Wildman–Crippen LogP) is 3.59. The van der Waals surface area contributed by atoms with Crippen LogP contribution in [0.15, 0.2) is 64.2 Å². The van der Waals surface area contributed by atoms with Gasteiger partial charge in [0.1, 0.15) is 15.7 Å². The third-order valence-corrected chi connectivity index (χ3v) is 6.84. The van der Waals surface area contributed by atoms with Crippen molar-refractivity contribution in [3.8, 4) is 0 Å². The lowest BCUT2D eigenvalue weighted by Gasteiger charge is -2.19. The molecule has 30 heavy (non-hydrogen) atoms. The maximum atomic E-state index is 12.7. The third kappa shape index (κ3) is 3.72. The van der Waals surface area contributed by atoms with Gasteiger partial charge in [0.05, 0.1) is 4.90 Å². The van der Waals surface area contributed by atoms with Crippen LogP contribution in [0.1, 0.15) is 25.7 Å². The minimum absolute atomic E-state index is 0.00243. The Morgan fingerprint density at radius 1 is 0.933 bits per heavy atom. The summed E-state index contributed by atoms with van der Waals surface area (Å²) < 4.78 is 27.3. The molecule has 0 saturated heterocycles. The number of nitrogens with zero attached hydrogens (tertiary/aromatic N) is 2. The molecule has 1 aliphatic rings. The van der Waals surface area contributed by atoms with Gasteiger partial charge < -0.3 is 5.32 Å². The van der Waals surface area contributed by atoms with E-state index < -0.39 is 21.6 Å². The number of aryl methyl sites for hydroxylation is 1. The Bertz CT molecular complexity index is 1310. The largest absolute Gasteiger partial charge is 0.351 e. The Morgan fingerprint density at radius 3 is 2.17 bits per heavy atom. The highest BCUT2D eigenvalue weighted by atomic mass is 35.5. The van der Waals surface area contributed by atoms with E-state index in [1.165, 1.54) is 24.3 Å². The first kappa shape index (κ1) is 20.2. The minimum atomic E-state index is -3.85. The Hall–Kier alpha value is -3.08. The Labute approximate surface area is 180 Å². The summed E-state index contributed by atoms with van der Waals surface area (Å²) in [4.78, 5) is 25.2. The van der Waals surface area contributed by atoms with Crippen molar-refractivity contribution >= 4 is 55.3 Å². The first-order valence-electron chi connectivity index (χ1n) is 8.54. The lowest BCUT2D eigenvalue weighted by Crippen LogP contribution is -2.24. The number of Topliss-reactive ketones (excluding diaryl/α,β-unsaturated/α-hetero) is 2. The number of hydrogen-bond donors (Lipinski definition) is 2. The lowest BCUT2D eigenvalue weighted by molar-refractivity contribution is 0.0982. The Balaban J connectivity index is 1.57. The van der Waals surface area contributed by atoms with Crippen molar-refractivity contribution in [1.29, 1.82) is 0 Å². The molecule has 1 heterocycles. The van der Waals surface area contributed by atoms with Crippen LogP contribution in [0.5, 0.6) is 0 Å². The highest BCUT2D eigenvalue weighted by Gasteiger charge is 2.31. The van der Waals surface area contributed by atoms with Crippen molar-refractivity contribution in [3.63, 3.8) is 0 Å². The van der Waals surface area contributed by atoms with Crippen LogP contribution in [0, 0.1) is 6.92 Å². The Morgan fingerprint density at radius 2 is 1.57 bits per heavy atom. The van der Waals surface area contributed by atoms with Gasteiger partial charge in [0.25, 0.3) is 10.0 Å². The monoisotopic (exact) mass is 460 g/mol. The van der Waals surface area contributed by atoms with Crippen molar-refractivity contribution in [2.75, 3.05) is 10.0 Å². The number of ketones is 2. The number of sulfonamides is 1. The maximum Gasteiger partial charge on any atom is 0.263 e. The molecule has 0 amide bonds. The summed E-state index contributed by atoms with van der Waals surface area (Å²) in [6, 6.07) is 12.1. The molecule has 4 rings (SSSR count). The first-order valence-corrected chi connectivity index (χ1v) is 11.2. The highest BCUT2D eigenvalue weighted by molar-refractivity contribution is 7.93. The van der Waals surface area contributed by atoms with Crippen molar-refractivity contribution in [1.82, 2.24) is 10.2 Å². The molecule has 0 aliphatic heterocycles. The van der Waals surface area contributed by atoms with E-state index in [4.69, 9.17) is 11.6 Å². The molecule has 0 unspecified atom stereocenters. The number of fused-ring (bicyclic) bond motifs is 1. The fraction of sp³-hybridized carbons (Fsp3) is 0.0526. The zero-order valence-corrected chi connectivity index (χ0v) is 17.7. The average molecular weight is 461 g/mol. The SMILES string of the molecule is Cc1nnc(NS(=O)(=O)c2ccc(NC3=C(Cl)C(=O)c4ccccc4C3=O)cc2)s1. The van der Waals surface area contributed by atoms with Gasteiger partial charge in [-0.2, -0.15) is 0 Å². The summed E-state index contributed by atoms with van der Waals surface area (Å²) >= 11 is 7.25. The fourth-order valence-electron chi connectivity index (χ4n) is 2.83. The number of aromatic nitrogens is 2. The first-order chi connectivity index (χ1) is 14.3. The van der Waals surface area contributed by atoms with E-state index in [1.54, 1.807) is 31.2 Å². The number of carbonyl (C=O) groups is 2. The number of hydrogen-bond acceptors (Lipinski definition) is 8. The average Bonchev–Trinajstić information content (AvgIpc) is 3.13. The quantitative estimate of drug-likeness (QED) is 0.597. The van der Waals surface area contributed by atoms with Gasteiger partial charge in [-0.3, -0.25) is 14.3 Å². The predicted molar refractivity (Wildman–Crippen MR) is 114 cm³/mol. The van der Waals surface area contributed by atoms with Crippen molar-refractivity contribution in [2.24, 2.45) is 0 Å². The summed E-state index contributed by atoms with van der Waals surface area (Å²) in [7, 11) is -3.85. The van der Waals surface area contributed by atoms with Crippen molar-refractivity contribution in [2.45, 2.75) is 11.8 Å². The zero-order chi connectivity index (χ0) is 21.5. The highest BCUT2D eigenvalue weighted by Crippen LogP contribution is 2.30. The van der Waals surface area contributed by atoms with Crippen molar-refractivity contribution in [3.05, 3.63) is 75.4 Å². The summed E-state index contributed by atoms with van der Waals surface area (Å²) in [6.45, 7) is 1.71. The molecule has 0 atom stereocenters. The molecule has 1 aliphatic carbocycles.